The molecule has 0 aromatic carbocycles. The summed E-state index contributed by atoms with van der Waals surface area (Å²) in [6, 6.07) is 5.09. The van der Waals surface area contributed by atoms with Gasteiger partial charge in [-0.2, -0.15) is 13.2 Å². The lowest BCUT2D eigenvalue weighted by atomic mass is 10.2. The molecule has 6 nitrogen and oxygen atoms in total. The lowest BCUT2D eigenvalue weighted by Crippen LogP contribution is -2.24. The third-order valence-electron chi connectivity index (χ3n) is 4.62. The fraction of sp³-hybridized carbons (Fsp3) is 0.368. The van der Waals surface area contributed by atoms with Crippen LogP contribution in [0.1, 0.15) is 42.1 Å². The molecule has 3 aromatic heterocycles. The smallest absolute Gasteiger partial charge is 0.308 e. The van der Waals surface area contributed by atoms with E-state index in [4.69, 9.17) is 11.6 Å². The predicted molar refractivity (Wildman–Crippen MR) is 114 cm³/mol. The van der Waals surface area contributed by atoms with Gasteiger partial charge < -0.3 is 9.88 Å². The number of carbonyl (C=O) groups is 1. The zero-order valence-corrected chi connectivity index (χ0v) is 18.6. The Balaban J connectivity index is 1.45. The quantitative estimate of drug-likeness (QED) is 0.448. The second-order valence-electron chi connectivity index (χ2n) is 7.06. The number of halogens is 4. The van der Waals surface area contributed by atoms with Crippen molar-refractivity contribution in [3.63, 3.8) is 0 Å². The largest absolute Gasteiger partial charge is 0.417 e. The molecule has 0 aliphatic heterocycles. The highest BCUT2D eigenvalue weighted by atomic mass is 35.5. The van der Waals surface area contributed by atoms with Gasteiger partial charge >= 0.3 is 6.18 Å². The van der Waals surface area contributed by atoms with Crippen LogP contribution in [0.2, 0.25) is 5.02 Å². The Morgan fingerprint density at radius 3 is 2.81 bits per heavy atom. The summed E-state index contributed by atoms with van der Waals surface area (Å²) in [6.07, 6.45) is -1.17. The van der Waals surface area contributed by atoms with Crippen molar-refractivity contribution < 1.29 is 18.0 Å². The summed E-state index contributed by atoms with van der Waals surface area (Å²) in [5.41, 5.74) is -0.978. The zero-order valence-electron chi connectivity index (χ0n) is 16.2. The van der Waals surface area contributed by atoms with Gasteiger partial charge in [0.1, 0.15) is 5.82 Å². The molecule has 1 aliphatic rings. The molecule has 1 N–H and O–H groups in total. The van der Waals surface area contributed by atoms with Crippen molar-refractivity contribution in [1.29, 1.82) is 0 Å². The molecule has 3 heterocycles. The van der Waals surface area contributed by atoms with Crippen LogP contribution in [0.4, 0.5) is 19.0 Å². The highest BCUT2D eigenvalue weighted by Crippen LogP contribution is 2.40. The van der Waals surface area contributed by atoms with Crippen LogP contribution in [-0.4, -0.2) is 30.9 Å². The summed E-state index contributed by atoms with van der Waals surface area (Å²) in [5.74, 6) is 0.297. The van der Waals surface area contributed by atoms with Gasteiger partial charge in [0.25, 0.3) is 0 Å². The fourth-order valence-corrected chi connectivity index (χ4v) is 4.74. The van der Waals surface area contributed by atoms with Crippen molar-refractivity contribution in [2.24, 2.45) is 0 Å². The SMILES string of the molecule is C[C@@H](Sc1nnc(Cc2cccs2)n1C1CC1)C(=O)Nc1ncc(C(F)(F)F)cc1Cl. The van der Waals surface area contributed by atoms with Gasteiger partial charge in [-0.3, -0.25) is 4.79 Å². The van der Waals surface area contributed by atoms with Crippen molar-refractivity contribution in [1.82, 2.24) is 19.7 Å². The monoisotopic (exact) mass is 487 g/mol. The topological polar surface area (TPSA) is 72.7 Å². The molecule has 0 bridgehead atoms. The second kappa shape index (κ2) is 8.79. The van der Waals surface area contributed by atoms with Gasteiger partial charge in [0, 0.05) is 23.5 Å². The lowest BCUT2D eigenvalue weighted by molar-refractivity contribution is -0.137. The number of nitrogens with one attached hydrogen (secondary N) is 1. The third-order valence-corrected chi connectivity index (χ3v) is 6.84. The number of carbonyl (C=O) groups excluding carboxylic acids is 1. The summed E-state index contributed by atoms with van der Waals surface area (Å²) in [6.45, 7) is 1.68. The molecule has 1 atom stereocenters. The molecule has 12 heteroatoms. The lowest BCUT2D eigenvalue weighted by Gasteiger charge is -2.14. The van der Waals surface area contributed by atoms with E-state index in [-0.39, 0.29) is 10.8 Å². The van der Waals surface area contributed by atoms with Crippen LogP contribution in [0.5, 0.6) is 0 Å². The van der Waals surface area contributed by atoms with E-state index in [0.29, 0.717) is 23.8 Å². The molecule has 31 heavy (non-hydrogen) atoms. The predicted octanol–water partition coefficient (Wildman–Crippen LogP) is 5.45. The van der Waals surface area contributed by atoms with Gasteiger partial charge in [-0.25, -0.2) is 4.98 Å². The molecule has 1 aliphatic carbocycles. The molecular formula is C19H17ClF3N5OS2. The Bertz CT molecular complexity index is 1080. The summed E-state index contributed by atoms with van der Waals surface area (Å²) in [4.78, 5) is 17.4. The summed E-state index contributed by atoms with van der Waals surface area (Å²) in [7, 11) is 0. The van der Waals surface area contributed by atoms with Crippen molar-refractivity contribution >= 4 is 46.4 Å². The van der Waals surface area contributed by atoms with Crippen molar-refractivity contribution in [3.8, 4) is 0 Å². The Kier molecular flexibility index (Phi) is 6.27. The maximum Gasteiger partial charge on any atom is 0.417 e. The highest BCUT2D eigenvalue weighted by molar-refractivity contribution is 8.00. The van der Waals surface area contributed by atoms with Gasteiger partial charge in [0.05, 0.1) is 15.8 Å². The van der Waals surface area contributed by atoms with E-state index in [9.17, 15) is 18.0 Å². The third kappa shape index (κ3) is 5.21. The van der Waals surface area contributed by atoms with Gasteiger partial charge in [0.15, 0.2) is 11.0 Å². The molecule has 1 fully saturated rings. The standard InChI is InChI=1S/C19H17ClF3N5OS2/c1-10(17(29)25-16-14(20)7-11(9-24-16)19(21,22)23)31-18-27-26-15(28(18)12-4-5-12)8-13-3-2-6-30-13/h2-3,6-7,9-10,12H,4-5,8H2,1H3,(H,24,25,29)/t10-/m1/s1. The molecule has 0 spiro atoms. The number of amides is 1. The van der Waals surface area contributed by atoms with Crippen molar-refractivity contribution in [3.05, 3.63) is 51.1 Å². The van der Waals surface area contributed by atoms with Crippen LogP contribution in [0, 0.1) is 0 Å². The number of thioether (sulfide) groups is 1. The number of anilines is 1. The summed E-state index contributed by atoms with van der Waals surface area (Å²) >= 11 is 8.77. The average molecular weight is 488 g/mol. The molecular weight excluding hydrogens is 471 g/mol. The van der Waals surface area contributed by atoms with Crippen molar-refractivity contribution in [2.75, 3.05) is 5.32 Å². The van der Waals surface area contributed by atoms with Crippen LogP contribution in [-0.2, 0) is 17.4 Å². The molecule has 0 radical (unpaired) electrons. The van der Waals surface area contributed by atoms with Crippen LogP contribution < -0.4 is 5.32 Å². The number of rotatable bonds is 7. The number of thiophene rings is 1. The van der Waals surface area contributed by atoms with Crippen LogP contribution in [0.3, 0.4) is 0 Å². The first kappa shape index (κ1) is 22.1. The number of hydrogen-bond donors (Lipinski definition) is 1. The molecule has 1 amide bonds. The number of pyridine rings is 1. The number of nitrogens with zero attached hydrogens (tertiary/aromatic N) is 4. The first-order chi connectivity index (χ1) is 14.7. The number of alkyl halides is 3. The molecule has 164 valence electrons. The number of hydrogen-bond acceptors (Lipinski definition) is 6. The molecule has 4 rings (SSSR count). The van der Waals surface area contributed by atoms with Crippen LogP contribution >= 0.6 is 34.7 Å². The molecule has 3 aromatic rings. The Morgan fingerprint density at radius 2 is 2.19 bits per heavy atom. The van der Waals surface area contributed by atoms with E-state index < -0.39 is 22.9 Å². The van der Waals surface area contributed by atoms with E-state index in [1.54, 1.807) is 18.3 Å². The first-order valence-electron chi connectivity index (χ1n) is 9.39. The summed E-state index contributed by atoms with van der Waals surface area (Å²) < 4.78 is 40.4. The number of aromatic nitrogens is 4. The minimum absolute atomic E-state index is 0.117. The van der Waals surface area contributed by atoms with E-state index in [0.717, 1.165) is 24.7 Å². The molecule has 0 unspecified atom stereocenters. The Labute approximate surface area is 189 Å². The van der Waals surface area contributed by atoms with Gasteiger partial charge in [-0.05, 0) is 37.3 Å². The van der Waals surface area contributed by atoms with Crippen LogP contribution in [0.15, 0.2) is 34.9 Å². The van der Waals surface area contributed by atoms with E-state index >= 15 is 0 Å². The molecule has 0 saturated heterocycles. The van der Waals surface area contributed by atoms with Crippen molar-refractivity contribution in [2.45, 2.75) is 48.8 Å². The normalized spacial score (nSPS) is 15.1. The highest BCUT2D eigenvalue weighted by Gasteiger charge is 2.33. The fourth-order valence-electron chi connectivity index (χ4n) is 2.89. The average Bonchev–Trinajstić information content (AvgIpc) is 3.26. The van der Waals surface area contributed by atoms with Crippen LogP contribution in [0.25, 0.3) is 0 Å². The maximum atomic E-state index is 12.8. The Morgan fingerprint density at radius 1 is 1.42 bits per heavy atom. The van der Waals surface area contributed by atoms with E-state index in [1.807, 2.05) is 17.5 Å². The van der Waals surface area contributed by atoms with Gasteiger partial charge in [-0.15, -0.1) is 21.5 Å². The Hall–Kier alpha value is -2.11. The van der Waals surface area contributed by atoms with E-state index in [1.165, 1.54) is 16.6 Å². The maximum absolute atomic E-state index is 12.8. The van der Waals surface area contributed by atoms with Gasteiger partial charge in [-0.1, -0.05) is 29.4 Å². The summed E-state index contributed by atoms with van der Waals surface area (Å²) in [5, 5.41) is 12.9. The minimum Gasteiger partial charge on any atom is -0.308 e. The van der Waals surface area contributed by atoms with Gasteiger partial charge in [0.2, 0.25) is 5.91 Å². The second-order valence-corrected chi connectivity index (χ2v) is 9.81. The first-order valence-corrected chi connectivity index (χ1v) is 11.5. The minimum atomic E-state index is -4.56. The zero-order chi connectivity index (χ0) is 22.2. The molecule has 1 saturated carbocycles. The van der Waals surface area contributed by atoms with E-state index in [2.05, 4.69) is 25.1 Å².